The van der Waals surface area contributed by atoms with Gasteiger partial charge in [-0.1, -0.05) is 22.0 Å². The van der Waals surface area contributed by atoms with Crippen molar-refractivity contribution in [1.82, 2.24) is 15.1 Å². The van der Waals surface area contributed by atoms with Crippen LogP contribution in [0.15, 0.2) is 27.7 Å². The third-order valence-electron chi connectivity index (χ3n) is 5.16. The Morgan fingerprint density at radius 1 is 1.31 bits per heavy atom. The van der Waals surface area contributed by atoms with E-state index in [0.29, 0.717) is 0 Å². The number of hydrogen-bond donors (Lipinski definition) is 1. The first-order valence-corrected chi connectivity index (χ1v) is 9.95. The molecule has 2 fully saturated rings. The van der Waals surface area contributed by atoms with Crippen molar-refractivity contribution < 1.29 is 4.74 Å². The number of likely N-dealkylation sites (tertiary alicyclic amines) is 1. The standard InChI is InChI=1S/C19H29BrN4O.HI/c1-15-11-18(20)4-3-17(15)12-22-19(21-2)24-6-5-16(14-24)13-23-7-9-25-10-8-23;/h3-4,11,16H,5-10,12-14H2,1-2H3,(H,21,22);1H. The van der Waals surface area contributed by atoms with Crippen LogP contribution in [-0.2, 0) is 11.3 Å². The van der Waals surface area contributed by atoms with Gasteiger partial charge in [0.15, 0.2) is 5.96 Å². The predicted octanol–water partition coefficient (Wildman–Crippen LogP) is 3.11. The summed E-state index contributed by atoms with van der Waals surface area (Å²) in [7, 11) is 1.88. The fraction of sp³-hybridized carbons (Fsp3) is 0.632. The highest BCUT2D eigenvalue weighted by Crippen LogP contribution is 2.19. The molecule has 1 aromatic rings. The summed E-state index contributed by atoms with van der Waals surface area (Å²) in [6.07, 6.45) is 1.25. The van der Waals surface area contributed by atoms with E-state index in [1.54, 1.807) is 0 Å². The maximum atomic E-state index is 5.45. The molecule has 0 amide bonds. The van der Waals surface area contributed by atoms with Crippen LogP contribution in [0, 0.1) is 12.8 Å². The van der Waals surface area contributed by atoms with Crippen molar-refractivity contribution in [3.05, 3.63) is 33.8 Å². The maximum absolute atomic E-state index is 5.45. The fourth-order valence-corrected chi connectivity index (χ4v) is 4.16. The van der Waals surface area contributed by atoms with Crippen molar-refractivity contribution in [3.8, 4) is 0 Å². The summed E-state index contributed by atoms with van der Waals surface area (Å²) in [5.41, 5.74) is 2.61. The number of aryl methyl sites for hydroxylation is 1. The van der Waals surface area contributed by atoms with Gasteiger partial charge < -0.3 is 15.0 Å². The molecule has 2 aliphatic heterocycles. The molecule has 2 aliphatic rings. The van der Waals surface area contributed by atoms with Gasteiger partial charge in [0.05, 0.1) is 13.2 Å². The predicted molar refractivity (Wildman–Crippen MR) is 121 cm³/mol. The average molecular weight is 537 g/mol. The molecule has 1 N–H and O–H groups in total. The lowest BCUT2D eigenvalue weighted by molar-refractivity contribution is 0.0315. The molecule has 0 bridgehead atoms. The van der Waals surface area contributed by atoms with E-state index >= 15 is 0 Å². The summed E-state index contributed by atoms with van der Waals surface area (Å²) in [5, 5.41) is 3.54. The Morgan fingerprint density at radius 2 is 2.08 bits per heavy atom. The molecule has 0 spiro atoms. The van der Waals surface area contributed by atoms with E-state index in [-0.39, 0.29) is 24.0 Å². The molecule has 5 nitrogen and oxygen atoms in total. The molecule has 0 saturated carbocycles. The zero-order valence-electron chi connectivity index (χ0n) is 15.7. The van der Waals surface area contributed by atoms with E-state index in [2.05, 4.69) is 61.2 Å². The number of halogens is 2. The quantitative estimate of drug-likeness (QED) is 0.365. The summed E-state index contributed by atoms with van der Waals surface area (Å²) >= 11 is 3.53. The molecule has 1 unspecified atom stereocenters. The molecule has 0 radical (unpaired) electrons. The van der Waals surface area contributed by atoms with E-state index < -0.39 is 0 Å². The molecule has 1 atom stereocenters. The topological polar surface area (TPSA) is 40.1 Å². The first-order valence-electron chi connectivity index (χ1n) is 9.16. The van der Waals surface area contributed by atoms with Crippen LogP contribution in [0.4, 0.5) is 0 Å². The van der Waals surface area contributed by atoms with Crippen LogP contribution >= 0.6 is 39.9 Å². The molecular weight excluding hydrogens is 507 g/mol. The van der Waals surface area contributed by atoms with E-state index in [1.807, 2.05) is 7.05 Å². The highest BCUT2D eigenvalue weighted by atomic mass is 127. The highest BCUT2D eigenvalue weighted by molar-refractivity contribution is 14.0. The normalized spacial score (nSPS) is 21.6. The number of guanidine groups is 1. The van der Waals surface area contributed by atoms with E-state index in [9.17, 15) is 0 Å². The van der Waals surface area contributed by atoms with E-state index in [1.165, 1.54) is 24.1 Å². The Kier molecular flexibility index (Phi) is 9.12. The van der Waals surface area contributed by atoms with Gasteiger partial charge in [-0.25, -0.2) is 0 Å². The van der Waals surface area contributed by atoms with Gasteiger partial charge in [-0.3, -0.25) is 9.89 Å². The third-order valence-corrected chi connectivity index (χ3v) is 5.65. The summed E-state index contributed by atoms with van der Waals surface area (Å²) in [5.74, 6) is 1.75. The van der Waals surface area contributed by atoms with Gasteiger partial charge in [0.1, 0.15) is 0 Å². The Hall–Kier alpha value is -0.380. The monoisotopic (exact) mass is 536 g/mol. The second kappa shape index (κ2) is 10.8. The van der Waals surface area contributed by atoms with Gasteiger partial charge in [0, 0.05) is 50.8 Å². The van der Waals surface area contributed by atoms with Gasteiger partial charge in [-0.15, -0.1) is 24.0 Å². The summed E-state index contributed by atoms with van der Waals surface area (Å²) in [6.45, 7) is 10.2. The molecule has 26 heavy (non-hydrogen) atoms. The summed E-state index contributed by atoms with van der Waals surface area (Å²) in [4.78, 5) is 9.45. The van der Waals surface area contributed by atoms with Gasteiger partial charge in [0.2, 0.25) is 0 Å². The second-order valence-corrected chi connectivity index (χ2v) is 7.90. The van der Waals surface area contributed by atoms with Crippen molar-refractivity contribution in [2.45, 2.75) is 19.9 Å². The van der Waals surface area contributed by atoms with Crippen molar-refractivity contribution in [2.24, 2.45) is 10.9 Å². The highest BCUT2D eigenvalue weighted by Gasteiger charge is 2.27. The van der Waals surface area contributed by atoms with Crippen LogP contribution in [0.3, 0.4) is 0 Å². The van der Waals surface area contributed by atoms with Gasteiger partial charge >= 0.3 is 0 Å². The Morgan fingerprint density at radius 3 is 2.77 bits per heavy atom. The molecule has 2 saturated heterocycles. The molecular formula is C19H30BrIN4O. The molecule has 0 aromatic heterocycles. The number of morpholine rings is 1. The van der Waals surface area contributed by atoms with Crippen LogP contribution in [-0.4, -0.2) is 68.7 Å². The maximum Gasteiger partial charge on any atom is 0.193 e. The number of aliphatic imine (C=N–C) groups is 1. The van der Waals surface area contributed by atoms with Crippen molar-refractivity contribution in [2.75, 3.05) is 53.0 Å². The lowest BCUT2D eigenvalue weighted by Crippen LogP contribution is -2.42. The Balaban J connectivity index is 0.00000243. The third kappa shape index (κ3) is 6.07. The summed E-state index contributed by atoms with van der Waals surface area (Å²) in [6, 6.07) is 6.43. The average Bonchev–Trinajstić information content (AvgIpc) is 3.06. The van der Waals surface area contributed by atoms with Crippen molar-refractivity contribution >= 4 is 45.9 Å². The van der Waals surface area contributed by atoms with Crippen LogP contribution in [0.1, 0.15) is 17.5 Å². The lowest BCUT2D eigenvalue weighted by atomic mass is 10.1. The largest absolute Gasteiger partial charge is 0.379 e. The molecule has 1 aromatic carbocycles. The minimum atomic E-state index is 0. The van der Waals surface area contributed by atoms with Crippen molar-refractivity contribution in [3.63, 3.8) is 0 Å². The Bertz CT molecular complexity index is 607. The SMILES string of the molecule is CN=C(NCc1ccc(Br)cc1C)N1CCC(CN2CCOCC2)C1.I. The van der Waals surface area contributed by atoms with Crippen LogP contribution < -0.4 is 5.32 Å². The van der Waals surface area contributed by atoms with Crippen LogP contribution in [0.2, 0.25) is 0 Å². The molecule has 3 rings (SSSR count). The number of rotatable bonds is 4. The van der Waals surface area contributed by atoms with E-state index in [0.717, 1.165) is 62.3 Å². The molecule has 7 heteroatoms. The minimum absolute atomic E-state index is 0. The molecule has 2 heterocycles. The number of benzene rings is 1. The Labute approximate surface area is 182 Å². The molecule has 146 valence electrons. The van der Waals surface area contributed by atoms with E-state index in [4.69, 9.17) is 4.74 Å². The van der Waals surface area contributed by atoms with Gasteiger partial charge in [-0.05, 0) is 42.5 Å². The summed E-state index contributed by atoms with van der Waals surface area (Å²) < 4.78 is 6.58. The van der Waals surface area contributed by atoms with Crippen molar-refractivity contribution in [1.29, 1.82) is 0 Å². The fourth-order valence-electron chi connectivity index (χ4n) is 3.69. The number of nitrogens with zero attached hydrogens (tertiary/aromatic N) is 3. The first-order chi connectivity index (χ1) is 12.2. The molecule has 0 aliphatic carbocycles. The lowest BCUT2D eigenvalue weighted by Gasteiger charge is -2.29. The first kappa shape index (κ1) is 21.9. The smallest absolute Gasteiger partial charge is 0.193 e. The number of hydrogen-bond acceptors (Lipinski definition) is 3. The number of ether oxygens (including phenoxy) is 1. The minimum Gasteiger partial charge on any atom is -0.379 e. The van der Waals surface area contributed by atoms with Gasteiger partial charge in [0.25, 0.3) is 0 Å². The second-order valence-electron chi connectivity index (χ2n) is 6.99. The van der Waals surface area contributed by atoms with Gasteiger partial charge in [-0.2, -0.15) is 0 Å². The van der Waals surface area contributed by atoms with Crippen LogP contribution in [0.25, 0.3) is 0 Å². The zero-order chi connectivity index (χ0) is 17.6. The zero-order valence-corrected chi connectivity index (χ0v) is 19.6. The van der Waals surface area contributed by atoms with Crippen LogP contribution in [0.5, 0.6) is 0 Å². The number of nitrogens with one attached hydrogen (secondary N) is 1.